The number of hydrogen-bond donors (Lipinski definition) is 2. The number of methoxy groups -OCH3 is 1. The topological polar surface area (TPSA) is 103 Å². The van der Waals surface area contributed by atoms with Gasteiger partial charge in [0.05, 0.1) is 7.11 Å². The third-order valence-electron chi connectivity index (χ3n) is 7.14. The summed E-state index contributed by atoms with van der Waals surface area (Å²) in [6.45, 7) is 2.77. The number of fused-ring (bicyclic) bond motifs is 1. The summed E-state index contributed by atoms with van der Waals surface area (Å²) >= 11 is 0. The summed E-state index contributed by atoms with van der Waals surface area (Å²) in [6.07, 6.45) is 0.0313. The van der Waals surface area contributed by atoms with Crippen molar-refractivity contribution < 1.29 is 24.2 Å². The number of amides is 1. The molecule has 1 atom stereocenters. The standard InChI is InChI=1S/C30H30N2O6/c1-31-11-13-32(14-12-31)27(36)16-22(20-9-6-10-21(15-20)37-2)28-23(33)17-24(34)29-25(35)18-26(38-30(28)29)19-7-4-3-5-8-19/h3-10,15,17-18,22,33-34H,11-14,16H2,1-2H3. The second kappa shape index (κ2) is 10.6. The van der Waals surface area contributed by atoms with E-state index in [-0.39, 0.29) is 40.4 Å². The van der Waals surface area contributed by atoms with Crippen LogP contribution < -0.4 is 10.2 Å². The molecule has 1 aromatic heterocycles. The molecule has 8 nitrogen and oxygen atoms in total. The highest BCUT2D eigenvalue weighted by Crippen LogP contribution is 2.43. The number of nitrogens with zero attached hydrogens (tertiary/aromatic N) is 2. The Balaban J connectivity index is 1.70. The van der Waals surface area contributed by atoms with Gasteiger partial charge in [0.25, 0.3) is 0 Å². The van der Waals surface area contributed by atoms with E-state index in [9.17, 15) is 19.8 Å². The van der Waals surface area contributed by atoms with E-state index in [2.05, 4.69) is 4.90 Å². The van der Waals surface area contributed by atoms with Crippen molar-refractivity contribution >= 4 is 16.9 Å². The van der Waals surface area contributed by atoms with E-state index in [1.165, 1.54) is 6.07 Å². The van der Waals surface area contributed by atoms with Crippen LogP contribution in [0.3, 0.4) is 0 Å². The van der Waals surface area contributed by atoms with E-state index in [4.69, 9.17) is 9.15 Å². The number of benzene rings is 3. The normalized spacial score (nSPS) is 14.9. The molecule has 0 spiro atoms. The fourth-order valence-electron chi connectivity index (χ4n) is 5.01. The summed E-state index contributed by atoms with van der Waals surface area (Å²) in [6, 6.07) is 18.9. The fourth-order valence-corrected chi connectivity index (χ4v) is 5.01. The molecule has 1 aliphatic heterocycles. The van der Waals surface area contributed by atoms with E-state index >= 15 is 0 Å². The predicted octanol–water partition coefficient (Wildman–Crippen LogP) is 4.18. The summed E-state index contributed by atoms with van der Waals surface area (Å²) in [5.74, 6) is -0.507. The van der Waals surface area contributed by atoms with Crippen LogP contribution in [0.2, 0.25) is 0 Å². The Morgan fingerprint density at radius 2 is 1.71 bits per heavy atom. The zero-order valence-corrected chi connectivity index (χ0v) is 21.4. The molecule has 0 bridgehead atoms. The largest absolute Gasteiger partial charge is 0.507 e. The molecule has 1 unspecified atom stereocenters. The van der Waals surface area contributed by atoms with Gasteiger partial charge in [0.1, 0.15) is 34.0 Å². The molecule has 2 N–H and O–H groups in total. The molecule has 8 heteroatoms. The Hall–Kier alpha value is -4.30. The Morgan fingerprint density at radius 3 is 2.42 bits per heavy atom. The maximum absolute atomic E-state index is 13.5. The lowest BCUT2D eigenvalue weighted by atomic mass is 9.85. The van der Waals surface area contributed by atoms with Crippen molar-refractivity contribution in [2.24, 2.45) is 0 Å². The third kappa shape index (κ3) is 4.95. The molecule has 0 saturated carbocycles. The molecular formula is C30H30N2O6. The summed E-state index contributed by atoms with van der Waals surface area (Å²) in [5.41, 5.74) is 1.25. The van der Waals surface area contributed by atoms with E-state index < -0.39 is 11.3 Å². The van der Waals surface area contributed by atoms with Crippen LogP contribution >= 0.6 is 0 Å². The molecule has 5 rings (SSSR count). The lowest BCUT2D eigenvalue weighted by Gasteiger charge is -2.33. The van der Waals surface area contributed by atoms with Crippen molar-refractivity contribution in [2.75, 3.05) is 40.3 Å². The molecule has 1 saturated heterocycles. The Labute approximate surface area is 220 Å². The Morgan fingerprint density at radius 1 is 0.974 bits per heavy atom. The van der Waals surface area contributed by atoms with Crippen LogP contribution in [0.1, 0.15) is 23.5 Å². The van der Waals surface area contributed by atoms with Crippen LogP contribution in [-0.2, 0) is 4.79 Å². The number of piperazine rings is 1. The first-order valence-corrected chi connectivity index (χ1v) is 12.5. The first-order chi connectivity index (χ1) is 18.4. The molecule has 1 amide bonds. The lowest BCUT2D eigenvalue weighted by Crippen LogP contribution is -2.47. The minimum absolute atomic E-state index is 0.0313. The molecule has 1 fully saturated rings. The first-order valence-electron chi connectivity index (χ1n) is 12.5. The van der Waals surface area contributed by atoms with Crippen LogP contribution in [0.15, 0.2) is 75.9 Å². The maximum Gasteiger partial charge on any atom is 0.223 e. The zero-order valence-electron chi connectivity index (χ0n) is 21.4. The molecule has 38 heavy (non-hydrogen) atoms. The summed E-state index contributed by atoms with van der Waals surface area (Å²) in [5, 5.41) is 21.8. The SMILES string of the molecule is COc1cccc(C(CC(=O)N2CCN(C)CC2)c2c(O)cc(O)c3c(=O)cc(-c4ccccc4)oc23)c1. The van der Waals surface area contributed by atoms with Gasteiger partial charge in [-0.25, -0.2) is 0 Å². The number of carbonyl (C=O) groups excluding carboxylic acids is 1. The average molecular weight is 515 g/mol. The number of phenols is 2. The fraction of sp³-hybridized carbons (Fsp3) is 0.267. The molecule has 4 aromatic rings. The first kappa shape index (κ1) is 25.4. The van der Waals surface area contributed by atoms with Gasteiger partial charge in [-0.1, -0.05) is 42.5 Å². The molecule has 196 valence electrons. The quantitative estimate of drug-likeness (QED) is 0.398. The second-order valence-corrected chi connectivity index (χ2v) is 9.59. The summed E-state index contributed by atoms with van der Waals surface area (Å²) in [7, 11) is 3.58. The van der Waals surface area contributed by atoms with Gasteiger partial charge in [0.15, 0.2) is 5.43 Å². The van der Waals surface area contributed by atoms with Crippen molar-refractivity contribution in [3.63, 3.8) is 0 Å². The van der Waals surface area contributed by atoms with Crippen molar-refractivity contribution in [3.8, 4) is 28.6 Å². The summed E-state index contributed by atoms with van der Waals surface area (Å²) in [4.78, 5) is 30.7. The number of carbonyl (C=O) groups is 1. The minimum atomic E-state index is -0.672. The average Bonchev–Trinajstić information content (AvgIpc) is 2.92. The van der Waals surface area contributed by atoms with Gasteiger partial charge < -0.3 is 29.2 Å². The van der Waals surface area contributed by atoms with Crippen LogP contribution in [0.4, 0.5) is 0 Å². The van der Waals surface area contributed by atoms with E-state index in [0.717, 1.165) is 19.2 Å². The van der Waals surface area contributed by atoms with Crippen molar-refractivity contribution in [2.45, 2.75) is 12.3 Å². The lowest BCUT2D eigenvalue weighted by molar-refractivity contribution is -0.133. The second-order valence-electron chi connectivity index (χ2n) is 9.59. The van der Waals surface area contributed by atoms with Gasteiger partial charge in [-0.2, -0.15) is 0 Å². The Kier molecular flexibility index (Phi) is 7.07. The number of rotatable bonds is 6. The van der Waals surface area contributed by atoms with E-state index in [0.29, 0.717) is 35.7 Å². The molecule has 1 aliphatic rings. The number of aromatic hydroxyl groups is 2. The number of hydrogen-bond acceptors (Lipinski definition) is 7. The van der Waals surface area contributed by atoms with Crippen LogP contribution in [0.25, 0.3) is 22.3 Å². The number of ether oxygens (including phenoxy) is 1. The van der Waals surface area contributed by atoms with Crippen LogP contribution in [0, 0.1) is 0 Å². The molecule has 3 aromatic carbocycles. The molecule has 0 radical (unpaired) electrons. The van der Waals surface area contributed by atoms with Crippen molar-refractivity contribution in [1.29, 1.82) is 0 Å². The van der Waals surface area contributed by atoms with Crippen molar-refractivity contribution in [1.82, 2.24) is 9.80 Å². The maximum atomic E-state index is 13.5. The number of likely N-dealkylation sites (N-methyl/N-ethyl adjacent to an activating group) is 1. The van der Waals surface area contributed by atoms with Gasteiger partial charge in [-0.3, -0.25) is 9.59 Å². The van der Waals surface area contributed by atoms with Gasteiger partial charge >= 0.3 is 0 Å². The monoisotopic (exact) mass is 514 g/mol. The Bertz CT molecular complexity index is 1520. The summed E-state index contributed by atoms with van der Waals surface area (Å²) < 4.78 is 11.7. The number of phenolic OH excluding ortho intramolecular Hbond substituents is 2. The molecular weight excluding hydrogens is 484 g/mol. The van der Waals surface area contributed by atoms with E-state index in [1.807, 2.05) is 54.4 Å². The zero-order chi connectivity index (χ0) is 26.8. The molecule has 0 aliphatic carbocycles. The van der Waals surface area contributed by atoms with E-state index in [1.54, 1.807) is 19.2 Å². The van der Waals surface area contributed by atoms with Crippen molar-refractivity contribution in [3.05, 3.63) is 88.1 Å². The van der Waals surface area contributed by atoms with Gasteiger partial charge in [-0.15, -0.1) is 0 Å². The van der Waals surface area contributed by atoms with Crippen LogP contribution in [-0.4, -0.2) is 66.3 Å². The third-order valence-corrected chi connectivity index (χ3v) is 7.14. The highest BCUT2D eigenvalue weighted by atomic mass is 16.5. The highest BCUT2D eigenvalue weighted by molar-refractivity contribution is 5.91. The smallest absolute Gasteiger partial charge is 0.223 e. The van der Waals surface area contributed by atoms with Gasteiger partial charge in [0.2, 0.25) is 5.91 Å². The van der Waals surface area contributed by atoms with Crippen LogP contribution in [0.5, 0.6) is 17.2 Å². The highest BCUT2D eigenvalue weighted by Gasteiger charge is 2.30. The minimum Gasteiger partial charge on any atom is -0.507 e. The predicted molar refractivity (Wildman–Crippen MR) is 145 cm³/mol. The molecule has 2 heterocycles. The van der Waals surface area contributed by atoms with Gasteiger partial charge in [0, 0.05) is 61.8 Å². The van der Waals surface area contributed by atoms with Gasteiger partial charge in [-0.05, 0) is 24.7 Å².